The largest absolute Gasteiger partial charge is 0.445 e. The van der Waals surface area contributed by atoms with Crippen molar-refractivity contribution < 1.29 is 15.8 Å². The average molecular weight is 249 g/mol. The molecule has 0 radical (unpaired) electrons. The Morgan fingerprint density at radius 2 is 2.00 bits per heavy atom. The van der Waals surface area contributed by atoms with Gasteiger partial charge in [0, 0.05) is 7.85 Å². The minimum absolute atomic E-state index is 0. The van der Waals surface area contributed by atoms with E-state index in [1.165, 1.54) is 0 Å². The summed E-state index contributed by atoms with van der Waals surface area (Å²) in [6.07, 6.45) is 2.33. The van der Waals surface area contributed by atoms with E-state index in [0.717, 1.165) is 18.4 Å². The van der Waals surface area contributed by atoms with E-state index in [1.807, 2.05) is 30.3 Å². The van der Waals surface area contributed by atoms with Crippen LogP contribution < -0.4 is 5.32 Å². The maximum Gasteiger partial charge on any atom is 0.407 e. The fourth-order valence-corrected chi connectivity index (χ4v) is 1.66. The van der Waals surface area contributed by atoms with Gasteiger partial charge in [0.05, 0.1) is 6.54 Å². The summed E-state index contributed by atoms with van der Waals surface area (Å²) in [5.74, 6) is 0.633. The summed E-state index contributed by atoms with van der Waals surface area (Å²) in [5.41, 5.74) is 0.928. The number of carbonyl (C=O) groups is 2. The highest BCUT2D eigenvalue weighted by Crippen LogP contribution is 2.32. The van der Waals surface area contributed by atoms with Gasteiger partial charge in [-0.1, -0.05) is 30.3 Å². The minimum Gasteiger partial charge on any atom is -0.445 e. The van der Waals surface area contributed by atoms with Gasteiger partial charge in [-0.3, -0.25) is 4.79 Å². The molecule has 0 bridgehead atoms. The van der Waals surface area contributed by atoms with Crippen molar-refractivity contribution in [1.82, 2.24) is 5.32 Å². The molecule has 0 saturated heterocycles. The molecule has 0 unspecified atom stereocenters. The van der Waals surface area contributed by atoms with E-state index in [2.05, 4.69) is 5.32 Å². The van der Waals surface area contributed by atoms with Crippen LogP contribution in [-0.4, -0.2) is 18.4 Å². The molecule has 0 aliphatic heterocycles. The first-order chi connectivity index (χ1) is 8.74. The van der Waals surface area contributed by atoms with Crippen LogP contribution in [0.15, 0.2) is 30.3 Å². The van der Waals surface area contributed by atoms with Gasteiger partial charge in [0.15, 0.2) is 5.78 Å². The summed E-state index contributed by atoms with van der Waals surface area (Å²) >= 11 is 0. The summed E-state index contributed by atoms with van der Waals surface area (Å²) < 4.78 is 5.00. The lowest BCUT2D eigenvalue weighted by Crippen LogP contribution is -2.30. The number of hydrogen-bond donors (Lipinski definition) is 1. The molecular weight excluding hydrogens is 230 g/mol. The molecule has 1 fully saturated rings. The van der Waals surface area contributed by atoms with E-state index in [1.54, 1.807) is 0 Å². The van der Waals surface area contributed by atoms with Crippen LogP contribution in [0.3, 0.4) is 0 Å². The summed E-state index contributed by atoms with van der Waals surface area (Å²) in [4.78, 5) is 22.7. The van der Waals surface area contributed by atoms with Crippen LogP contribution in [0, 0.1) is 5.92 Å². The molecule has 2 rings (SSSR count). The molecule has 1 aliphatic rings. The monoisotopic (exact) mass is 249 g/mol. The summed E-state index contributed by atoms with van der Waals surface area (Å²) in [7, 11) is 0. The van der Waals surface area contributed by atoms with Gasteiger partial charge in [0.25, 0.3) is 0 Å². The number of carbonyl (C=O) groups excluding carboxylic acids is 2. The molecule has 18 heavy (non-hydrogen) atoms. The highest BCUT2D eigenvalue weighted by Gasteiger charge is 2.24. The van der Waals surface area contributed by atoms with Gasteiger partial charge in [-0.25, -0.2) is 4.79 Å². The molecule has 1 aromatic carbocycles. The molecule has 98 valence electrons. The van der Waals surface area contributed by atoms with E-state index in [4.69, 9.17) is 4.74 Å². The van der Waals surface area contributed by atoms with Crippen molar-refractivity contribution in [3.05, 3.63) is 35.9 Å². The van der Waals surface area contributed by atoms with E-state index >= 15 is 0 Å². The lowest BCUT2D eigenvalue weighted by atomic mass is 10.2. The Hall–Kier alpha value is -1.84. The van der Waals surface area contributed by atoms with Crippen molar-refractivity contribution in [2.24, 2.45) is 5.92 Å². The van der Waals surface area contributed by atoms with Crippen molar-refractivity contribution in [2.75, 3.05) is 6.54 Å². The van der Waals surface area contributed by atoms with Gasteiger partial charge < -0.3 is 10.1 Å². The predicted octanol–water partition coefficient (Wildman–Crippen LogP) is 2.53. The zero-order chi connectivity index (χ0) is 12.8. The number of amides is 1. The number of nitrogens with one attached hydrogen (secondary N) is 1. The molecule has 1 aromatic rings. The number of rotatable bonds is 6. The van der Waals surface area contributed by atoms with Crippen molar-refractivity contribution in [2.45, 2.75) is 25.9 Å². The summed E-state index contributed by atoms with van der Waals surface area (Å²) in [6, 6.07) is 9.43. The Kier molecular flexibility index (Phi) is 4.34. The molecule has 0 aromatic heterocycles. The van der Waals surface area contributed by atoms with Crippen LogP contribution in [0.5, 0.6) is 0 Å². The Morgan fingerprint density at radius 1 is 1.28 bits per heavy atom. The first-order valence-corrected chi connectivity index (χ1v) is 6.20. The quantitative estimate of drug-likeness (QED) is 0.842. The third kappa shape index (κ3) is 4.57. The zero-order valence-electron chi connectivity index (χ0n) is 10.2. The van der Waals surface area contributed by atoms with Crippen LogP contribution >= 0.6 is 0 Å². The van der Waals surface area contributed by atoms with E-state index in [9.17, 15) is 9.59 Å². The average Bonchev–Trinajstić information content (AvgIpc) is 3.19. The smallest absolute Gasteiger partial charge is 0.407 e. The standard InChI is InChI=1S/C14H17NO3.H2/c16-13(8-11-6-7-11)9-15-14(17)18-10-12-4-2-1-3-5-12;/h1-5,11H,6-10H2,(H,15,17);1H. The molecule has 0 heterocycles. The van der Waals surface area contributed by atoms with Gasteiger partial charge in [0.1, 0.15) is 6.61 Å². The van der Waals surface area contributed by atoms with Crippen LogP contribution in [0.1, 0.15) is 26.3 Å². The number of hydrogen-bond acceptors (Lipinski definition) is 3. The topological polar surface area (TPSA) is 55.4 Å². The molecule has 1 N–H and O–H groups in total. The highest BCUT2D eigenvalue weighted by atomic mass is 16.5. The number of ketones is 1. The second kappa shape index (κ2) is 6.19. The normalized spacial score (nSPS) is 14.0. The van der Waals surface area contributed by atoms with Gasteiger partial charge in [-0.2, -0.15) is 0 Å². The molecule has 1 aliphatic carbocycles. The first-order valence-electron chi connectivity index (χ1n) is 6.20. The third-order valence-corrected chi connectivity index (χ3v) is 2.86. The predicted molar refractivity (Wildman–Crippen MR) is 69.1 cm³/mol. The minimum atomic E-state index is -0.539. The highest BCUT2D eigenvalue weighted by molar-refractivity contribution is 5.84. The molecule has 4 heteroatoms. The van der Waals surface area contributed by atoms with E-state index in [-0.39, 0.29) is 20.4 Å². The van der Waals surface area contributed by atoms with Crippen molar-refractivity contribution in [3.8, 4) is 0 Å². The molecule has 0 atom stereocenters. The van der Waals surface area contributed by atoms with Crippen molar-refractivity contribution >= 4 is 11.9 Å². The van der Waals surface area contributed by atoms with Crippen LogP contribution in [-0.2, 0) is 16.1 Å². The summed E-state index contributed by atoms with van der Waals surface area (Å²) in [5, 5.41) is 2.48. The number of alkyl carbamates (subject to hydrolysis) is 1. The van der Waals surface area contributed by atoms with Gasteiger partial charge in [0.2, 0.25) is 0 Å². The maximum atomic E-state index is 11.4. The number of Topliss-reactive ketones (excluding diaryl/α,β-unsaturated/α-hetero) is 1. The molecule has 1 saturated carbocycles. The fraction of sp³-hybridized carbons (Fsp3) is 0.429. The van der Waals surface area contributed by atoms with Gasteiger partial charge >= 0.3 is 6.09 Å². The van der Waals surface area contributed by atoms with Gasteiger partial charge in [-0.15, -0.1) is 0 Å². The lowest BCUT2D eigenvalue weighted by molar-refractivity contribution is -0.118. The Bertz CT molecular complexity index is 418. The first kappa shape index (κ1) is 12.6. The Morgan fingerprint density at radius 3 is 2.67 bits per heavy atom. The number of ether oxygens (including phenoxy) is 1. The summed E-state index contributed by atoms with van der Waals surface area (Å²) in [6.45, 7) is 0.299. The molecule has 1 amide bonds. The van der Waals surface area contributed by atoms with Crippen LogP contribution in [0.25, 0.3) is 0 Å². The van der Waals surface area contributed by atoms with Crippen LogP contribution in [0.2, 0.25) is 0 Å². The second-order valence-electron chi connectivity index (χ2n) is 4.60. The number of benzene rings is 1. The van der Waals surface area contributed by atoms with E-state index in [0.29, 0.717) is 12.3 Å². The molecule has 4 nitrogen and oxygen atoms in total. The van der Waals surface area contributed by atoms with Crippen molar-refractivity contribution in [1.29, 1.82) is 0 Å². The Labute approximate surface area is 108 Å². The zero-order valence-corrected chi connectivity index (χ0v) is 10.2. The maximum absolute atomic E-state index is 11.4. The van der Waals surface area contributed by atoms with Gasteiger partial charge in [-0.05, 0) is 24.3 Å². The van der Waals surface area contributed by atoms with Crippen molar-refractivity contribution in [3.63, 3.8) is 0 Å². The third-order valence-electron chi connectivity index (χ3n) is 2.86. The molecular formula is C14H19NO3. The van der Waals surface area contributed by atoms with E-state index < -0.39 is 6.09 Å². The fourth-order valence-electron chi connectivity index (χ4n) is 1.66. The van der Waals surface area contributed by atoms with Crippen LogP contribution in [0.4, 0.5) is 4.79 Å². The lowest BCUT2D eigenvalue weighted by Gasteiger charge is -2.06. The Balaban J connectivity index is 0.00000180. The second-order valence-corrected chi connectivity index (χ2v) is 4.60. The molecule has 0 spiro atoms. The SMILES string of the molecule is O=C(CNC(=O)OCc1ccccc1)CC1CC1.[HH].